The second-order valence-electron chi connectivity index (χ2n) is 4.87. The highest BCUT2D eigenvalue weighted by Gasteiger charge is 2.16. The van der Waals surface area contributed by atoms with Gasteiger partial charge >= 0.3 is 0 Å². The zero-order valence-corrected chi connectivity index (χ0v) is 12.5. The van der Waals surface area contributed by atoms with E-state index in [1.54, 1.807) is 24.3 Å². The van der Waals surface area contributed by atoms with E-state index in [0.717, 1.165) is 16.7 Å². The molecule has 0 aliphatic heterocycles. The molecule has 0 radical (unpaired) electrons. The number of hydrogen-bond acceptors (Lipinski definition) is 3. The van der Waals surface area contributed by atoms with Gasteiger partial charge in [0.15, 0.2) is 0 Å². The minimum atomic E-state index is -3.69. The van der Waals surface area contributed by atoms with Crippen molar-refractivity contribution in [2.75, 3.05) is 4.72 Å². The van der Waals surface area contributed by atoms with Gasteiger partial charge in [-0.15, -0.1) is 0 Å². The van der Waals surface area contributed by atoms with Crippen molar-refractivity contribution in [3.8, 4) is 5.75 Å². The summed E-state index contributed by atoms with van der Waals surface area (Å²) in [6.07, 6.45) is 0. The van der Waals surface area contributed by atoms with E-state index >= 15 is 0 Å². The predicted molar refractivity (Wildman–Crippen MR) is 79.6 cm³/mol. The Kier molecular flexibility index (Phi) is 3.72. The molecule has 2 N–H and O–H groups in total. The SMILES string of the molecule is Cc1ccc(S(=O)(=O)Nc2cc(C)c(C)cc2O)cc1. The van der Waals surface area contributed by atoms with Crippen LogP contribution in [0, 0.1) is 20.8 Å². The first-order chi connectivity index (χ1) is 9.29. The third kappa shape index (κ3) is 2.93. The van der Waals surface area contributed by atoms with Gasteiger partial charge in [0.25, 0.3) is 10.0 Å². The van der Waals surface area contributed by atoms with Crippen molar-refractivity contribution in [2.45, 2.75) is 25.7 Å². The minimum Gasteiger partial charge on any atom is -0.506 e. The predicted octanol–water partition coefficient (Wildman–Crippen LogP) is 3.12. The Morgan fingerprint density at radius 2 is 1.50 bits per heavy atom. The van der Waals surface area contributed by atoms with Crippen LogP contribution < -0.4 is 4.72 Å². The Bertz CT molecular complexity index is 734. The molecule has 5 heteroatoms. The van der Waals surface area contributed by atoms with Gasteiger partial charge < -0.3 is 5.11 Å². The molecule has 106 valence electrons. The van der Waals surface area contributed by atoms with E-state index in [-0.39, 0.29) is 16.3 Å². The molecule has 0 aromatic heterocycles. The zero-order chi connectivity index (χ0) is 14.9. The number of benzene rings is 2. The Morgan fingerprint density at radius 3 is 2.10 bits per heavy atom. The molecule has 20 heavy (non-hydrogen) atoms. The van der Waals surface area contributed by atoms with Crippen LogP contribution in [0.3, 0.4) is 0 Å². The van der Waals surface area contributed by atoms with Crippen molar-refractivity contribution in [1.29, 1.82) is 0 Å². The number of sulfonamides is 1. The standard InChI is InChI=1S/C15H17NO3S/c1-10-4-6-13(7-5-10)20(18,19)16-14-8-11(2)12(3)9-15(14)17/h4-9,16-17H,1-3H3. The first-order valence-electron chi connectivity index (χ1n) is 6.19. The molecule has 0 heterocycles. The fraction of sp³-hybridized carbons (Fsp3) is 0.200. The lowest BCUT2D eigenvalue weighted by Gasteiger charge is -2.12. The molecule has 4 nitrogen and oxygen atoms in total. The highest BCUT2D eigenvalue weighted by Crippen LogP contribution is 2.29. The lowest BCUT2D eigenvalue weighted by atomic mass is 10.1. The molecule has 0 aliphatic rings. The number of rotatable bonds is 3. The van der Waals surface area contributed by atoms with E-state index in [9.17, 15) is 13.5 Å². The summed E-state index contributed by atoms with van der Waals surface area (Å²) in [5.41, 5.74) is 2.98. The van der Waals surface area contributed by atoms with Crippen LogP contribution in [0.15, 0.2) is 41.3 Å². The first kappa shape index (κ1) is 14.4. The Morgan fingerprint density at radius 1 is 0.950 bits per heavy atom. The van der Waals surface area contributed by atoms with Gasteiger partial charge in [-0.05, 0) is 56.2 Å². The molecule has 0 amide bonds. The molecule has 0 spiro atoms. The summed E-state index contributed by atoms with van der Waals surface area (Å²) in [5.74, 6) is -0.0798. The van der Waals surface area contributed by atoms with Gasteiger partial charge in [-0.1, -0.05) is 17.7 Å². The van der Waals surface area contributed by atoms with Crippen LogP contribution in [0.25, 0.3) is 0 Å². The van der Waals surface area contributed by atoms with Gasteiger partial charge in [-0.3, -0.25) is 4.72 Å². The van der Waals surface area contributed by atoms with Gasteiger partial charge in [-0.2, -0.15) is 0 Å². The third-order valence-electron chi connectivity index (χ3n) is 3.19. The van der Waals surface area contributed by atoms with Gasteiger partial charge in [0.05, 0.1) is 10.6 Å². The number of aromatic hydroxyl groups is 1. The molecule has 0 unspecified atom stereocenters. The van der Waals surface area contributed by atoms with Gasteiger partial charge in [0, 0.05) is 0 Å². The molecule has 2 aromatic rings. The van der Waals surface area contributed by atoms with E-state index in [2.05, 4.69) is 4.72 Å². The van der Waals surface area contributed by atoms with Crippen molar-refractivity contribution in [1.82, 2.24) is 0 Å². The molecular weight excluding hydrogens is 274 g/mol. The summed E-state index contributed by atoms with van der Waals surface area (Å²) < 4.78 is 26.9. The minimum absolute atomic E-state index is 0.0798. The van der Waals surface area contributed by atoms with Crippen LogP contribution in [0.2, 0.25) is 0 Å². The summed E-state index contributed by atoms with van der Waals surface area (Å²) in [5, 5.41) is 9.84. The van der Waals surface area contributed by atoms with Crippen LogP contribution in [0.4, 0.5) is 5.69 Å². The van der Waals surface area contributed by atoms with Crippen LogP contribution in [-0.2, 0) is 10.0 Å². The average Bonchev–Trinajstić information content (AvgIpc) is 2.36. The fourth-order valence-electron chi connectivity index (χ4n) is 1.80. The van der Waals surface area contributed by atoms with Crippen LogP contribution in [-0.4, -0.2) is 13.5 Å². The lowest BCUT2D eigenvalue weighted by molar-refractivity contribution is 0.477. The first-order valence-corrected chi connectivity index (χ1v) is 7.67. The van der Waals surface area contributed by atoms with Gasteiger partial charge in [-0.25, -0.2) is 8.42 Å². The molecule has 0 saturated heterocycles. The van der Waals surface area contributed by atoms with Crippen molar-refractivity contribution in [3.63, 3.8) is 0 Å². The fourth-order valence-corrected chi connectivity index (χ4v) is 2.87. The Labute approximate surface area is 119 Å². The van der Waals surface area contributed by atoms with Gasteiger partial charge in [0.1, 0.15) is 5.75 Å². The largest absolute Gasteiger partial charge is 0.506 e. The van der Waals surface area contributed by atoms with Crippen molar-refractivity contribution < 1.29 is 13.5 Å². The normalized spacial score (nSPS) is 11.3. The molecule has 2 aromatic carbocycles. The summed E-state index contributed by atoms with van der Waals surface area (Å²) in [7, 11) is -3.69. The Hall–Kier alpha value is -2.01. The molecule has 0 aliphatic carbocycles. The molecule has 0 bridgehead atoms. The van der Waals surface area contributed by atoms with E-state index < -0.39 is 10.0 Å². The topological polar surface area (TPSA) is 66.4 Å². The summed E-state index contributed by atoms with van der Waals surface area (Å²) in [6, 6.07) is 9.70. The Balaban J connectivity index is 2.38. The maximum absolute atomic E-state index is 12.2. The van der Waals surface area contributed by atoms with Crippen molar-refractivity contribution >= 4 is 15.7 Å². The number of phenolic OH excluding ortho intramolecular Hbond substituents is 1. The summed E-state index contributed by atoms with van der Waals surface area (Å²) in [6.45, 7) is 5.60. The maximum atomic E-state index is 12.2. The summed E-state index contributed by atoms with van der Waals surface area (Å²) in [4.78, 5) is 0.167. The zero-order valence-electron chi connectivity index (χ0n) is 11.6. The van der Waals surface area contributed by atoms with Crippen LogP contribution in [0.1, 0.15) is 16.7 Å². The molecule has 0 saturated carbocycles. The van der Waals surface area contributed by atoms with Crippen LogP contribution in [0.5, 0.6) is 5.75 Å². The average molecular weight is 291 g/mol. The lowest BCUT2D eigenvalue weighted by Crippen LogP contribution is -2.13. The number of phenols is 1. The van der Waals surface area contributed by atoms with E-state index in [1.807, 2.05) is 20.8 Å². The molecular formula is C15H17NO3S. The number of anilines is 1. The molecule has 0 fully saturated rings. The van der Waals surface area contributed by atoms with Crippen molar-refractivity contribution in [3.05, 3.63) is 53.1 Å². The van der Waals surface area contributed by atoms with Crippen LogP contribution >= 0.6 is 0 Å². The summed E-state index contributed by atoms with van der Waals surface area (Å²) >= 11 is 0. The highest BCUT2D eigenvalue weighted by molar-refractivity contribution is 7.92. The van der Waals surface area contributed by atoms with E-state index in [0.29, 0.717) is 0 Å². The number of nitrogens with one attached hydrogen (secondary N) is 1. The third-order valence-corrected chi connectivity index (χ3v) is 4.57. The smallest absolute Gasteiger partial charge is 0.262 e. The monoisotopic (exact) mass is 291 g/mol. The number of hydrogen-bond donors (Lipinski definition) is 2. The van der Waals surface area contributed by atoms with Crippen molar-refractivity contribution in [2.24, 2.45) is 0 Å². The second kappa shape index (κ2) is 5.17. The van der Waals surface area contributed by atoms with E-state index in [1.165, 1.54) is 12.1 Å². The second-order valence-corrected chi connectivity index (χ2v) is 6.55. The molecule has 0 atom stereocenters. The van der Waals surface area contributed by atoms with E-state index in [4.69, 9.17) is 0 Å². The molecule has 2 rings (SSSR count). The highest BCUT2D eigenvalue weighted by atomic mass is 32.2. The van der Waals surface area contributed by atoms with Gasteiger partial charge in [0.2, 0.25) is 0 Å². The quantitative estimate of drug-likeness (QED) is 0.854. The number of aryl methyl sites for hydroxylation is 3. The maximum Gasteiger partial charge on any atom is 0.262 e.